The number of esters is 1. The second-order valence-electron chi connectivity index (χ2n) is 16.1. The molecule has 3 aromatic carbocycles. The number of hydrogen-bond donors (Lipinski definition) is 14. The van der Waals surface area contributed by atoms with Crippen molar-refractivity contribution in [2.75, 3.05) is 34.0 Å². The number of phenols is 5. The molecule has 3 aliphatic rings. The number of hydrogen-bond acceptors (Lipinski definition) is 26. The van der Waals surface area contributed by atoms with Gasteiger partial charge in [0.1, 0.15) is 96.2 Å². The number of rotatable bonds is 15. The molecule has 4 aromatic rings. The molecule has 382 valence electrons. The first-order valence-corrected chi connectivity index (χ1v) is 21.1. The zero-order valence-electron chi connectivity index (χ0n) is 36.6. The molecular weight excluding hydrogens is 944 g/mol. The molecule has 15 atom stereocenters. The summed E-state index contributed by atoms with van der Waals surface area (Å²) in [4.78, 5) is 26.9. The summed E-state index contributed by atoms with van der Waals surface area (Å²) < 4.78 is 56.2. The van der Waals surface area contributed by atoms with E-state index in [-0.39, 0.29) is 22.8 Å². The van der Waals surface area contributed by atoms with Gasteiger partial charge in [-0.3, -0.25) is 4.79 Å². The number of aliphatic hydroxyl groups excluding tert-OH is 9. The Labute approximate surface area is 393 Å². The average molecular weight is 995 g/mol. The first-order valence-electron chi connectivity index (χ1n) is 21.1. The van der Waals surface area contributed by atoms with Crippen molar-refractivity contribution in [2.24, 2.45) is 0 Å². The van der Waals surface area contributed by atoms with Gasteiger partial charge >= 0.3 is 5.97 Å². The van der Waals surface area contributed by atoms with E-state index in [0.717, 1.165) is 36.4 Å². The maximum atomic E-state index is 14.2. The molecule has 3 saturated heterocycles. The minimum atomic E-state index is -2.18. The number of methoxy groups -OCH3 is 2. The summed E-state index contributed by atoms with van der Waals surface area (Å²) in [7, 11) is 2.59. The number of carbonyl (C=O) groups is 1. The lowest BCUT2D eigenvalue weighted by Crippen LogP contribution is -2.67. The quantitative estimate of drug-likeness (QED) is 0.0323. The Morgan fingerprint density at radius 2 is 1.21 bits per heavy atom. The van der Waals surface area contributed by atoms with Gasteiger partial charge in [-0.25, -0.2) is 4.79 Å². The fraction of sp³-hybridized carbons (Fsp3) is 0.455. The van der Waals surface area contributed by atoms with Crippen molar-refractivity contribution in [3.63, 3.8) is 0 Å². The second-order valence-corrected chi connectivity index (χ2v) is 16.1. The van der Waals surface area contributed by atoms with Crippen molar-refractivity contribution < 1.29 is 123 Å². The Bertz CT molecular complexity index is 2560. The molecular formula is C44H50O26. The first kappa shape index (κ1) is 51.8. The molecule has 3 fully saturated rings. The summed E-state index contributed by atoms with van der Waals surface area (Å²) in [5.74, 6) is -5.30. The lowest BCUT2D eigenvalue weighted by atomic mass is 9.96. The minimum absolute atomic E-state index is 0.0258. The van der Waals surface area contributed by atoms with Gasteiger partial charge in [0.15, 0.2) is 47.4 Å². The Balaban J connectivity index is 1.17. The van der Waals surface area contributed by atoms with Gasteiger partial charge in [-0.1, -0.05) is 0 Å². The van der Waals surface area contributed by atoms with E-state index >= 15 is 0 Å². The first-order chi connectivity index (χ1) is 33.3. The molecule has 7 rings (SSSR count). The van der Waals surface area contributed by atoms with Crippen molar-refractivity contribution in [1.29, 1.82) is 0 Å². The van der Waals surface area contributed by atoms with E-state index in [1.807, 2.05) is 0 Å². The van der Waals surface area contributed by atoms with Gasteiger partial charge in [-0.05, 0) is 42.0 Å². The van der Waals surface area contributed by atoms with Crippen molar-refractivity contribution in [3.05, 3.63) is 64.3 Å². The molecule has 0 aliphatic carbocycles. The molecule has 3 aliphatic heterocycles. The number of carbonyl (C=O) groups excluding carboxylic acids is 1. The number of phenolic OH excluding ortho intramolecular Hbond substituents is 5. The number of aromatic hydroxyl groups is 5. The van der Waals surface area contributed by atoms with Crippen LogP contribution in [-0.4, -0.2) is 204 Å². The summed E-state index contributed by atoms with van der Waals surface area (Å²) in [6, 6.07) is 7.64. The Kier molecular flexibility index (Phi) is 15.9. The zero-order valence-corrected chi connectivity index (χ0v) is 36.6. The van der Waals surface area contributed by atoms with Crippen molar-refractivity contribution in [1.82, 2.24) is 0 Å². The highest BCUT2D eigenvalue weighted by atomic mass is 16.8. The van der Waals surface area contributed by atoms with E-state index in [1.54, 1.807) is 0 Å². The summed E-state index contributed by atoms with van der Waals surface area (Å²) in [5, 5.41) is 149. The summed E-state index contributed by atoms with van der Waals surface area (Å²) in [6.07, 6.45) is -27.9. The van der Waals surface area contributed by atoms with Gasteiger partial charge in [0.25, 0.3) is 0 Å². The molecule has 14 N–H and O–H groups in total. The van der Waals surface area contributed by atoms with Gasteiger partial charge in [-0.2, -0.15) is 0 Å². The normalized spacial score (nSPS) is 31.4. The Hall–Kier alpha value is -6.08. The number of fused-ring (bicyclic) bond motifs is 1. The monoisotopic (exact) mass is 994 g/mol. The summed E-state index contributed by atoms with van der Waals surface area (Å²) >= 11 is 0. The van der Waals surface area contributed by atoms with E-state index < -0.39 is 169 Å². The molecule has 15 unspecified atom stereocenters. The van der Waals surface area contributed by atoms with Gasteiger partial charge in [0, 0.05) is 23.8 Å². The van der Waals surface area contributed by atoms with Gasteiger partial charge < -0.3 is 119 Å². The predicted molar refractivity (Wildman–Crippen MR) is 228 cm³/mol. The molecule has 26 nitrogen and oxygen atoms in total. The molecule has 4 heterocycles. The van der Waals surface area contributed by atoms with Crippen LogP contribution in [-0.2, 0) is 33.2 Å². The largest absolute Gasteiger partial charge is 0.508 e. The molecule has 0 radical (unpaired) electrons. The van der Waals surface area contributed by atoms with Crippen LogP contribution >= 0.6 is 0 Å². The maximum Gasteiger partial charge on any atom is 0.330 e. The van der Waals surface area contributed by atoms with Crippen LogP contribution in [0.5, 0.6) is 46.0 Å². The van der Waals surface area contributed by atoms with Crippen LogP contribution in [0.15, 0.2) is 57.8 Å². The second kappa shape index (κ2) is 21.5. The van der Waals surface area contributed by atoms with Crippen LogP contribution in [0, 0.1) is 0 Å². The number of benzene rings is 3. The molecule has 0 amide bonds. The van der Waals surface area contributed by atoms with E-state index in [4.69, 9.17) is 47.0 Å². The third-order valence-electron chi connectivity index (χ3n) is 11.6. The molecule has 70 heavy (non-hydrogen) atoms. The standard InChI is InChI=1S/C44H50O26/c1-61-22-7-15(8-23(62-2)29(22)52)3-6-27(51)63-14-26-32(55)34(57)37(60)42(67-26)69-40-35(58)30(53)25(13-46)66-44(40)70-41-36(59)31(54)24(12-45)65-43(41)68-39-33(56)28-20(50)10-17(47)11-21(28)64-38(39)16-4-5-18(48)19(49)9-16/h3-11,24-26,30-32,34-37,40-50,52-55,57-60H,12-14H2,1-2H3/b6-3+. The highest BCUT2D eigenvalue weighted by molar-refractivity contribution is 5.89. The summed E-state index contributed by atoms with van der Waals surface area (Å²) in [6.45, 7) is -2.77. The third-order valence-corrected chi connectivity index (χ3v) is 11.6. The molecule has 0 spiro atoms. The Morgan fingerprint density at radius 3 is 1.81 bits per heavy atom. The number of ether oxygens (including phenoxy) is 9. The van der Waals surface area contributed by atoms with E-state index in [2.05, 4.69) is 0 Å². The summed E-state index contributed by atoms with van der Waals surface area (Å²) in [5.41, 5.74) is -1.41. The van der Waals surface area contributed by atoms with Crippen molar-refractivity contribution in [3.8, 4) is 57.3 Å². The average Bonchev–Trinajstić information content (AvgIpc) is 3.33. The lowest BCUT2D eigenvalue weighted by molar-refractivity contribution is -0.389. The number of aliphatic hydroxyl groups is 9. The molecule has 0 saturated carbocycles. The van der Waals surface area contributed by atoms with Crippen molar-refractivity contribution >= 4 is 23.0 Å². The van der Waals surface area contributed by atoms with Gasteiger partial charge in [0.05, 0.1) is 27.4 Å². The lowest BCUT2D eigenvalue weighted by Gasteiger charge is -2.48. The molecule has 26 heteroatoms. The van der Waals surface area contributed by atoms with Gasteiger partial charge in [-0.15, -0.1) is 0 Å². The van der Waals surface area contributed by atoms with Gasteiger partial charge in [0.2, 0.25) is 23.2 Å². The highest BCUT2D eigenvalue weighted by Gasteiger charge is 2.55. The fourth-order valence-electron chi connectivity index (χ4n) is 7.82. The minimum Gasteiger partial charge on any atom is -0.508 e. The predicted octanol–water partition coefficient (Wildman–Crippen LogP) is -2.90. The van der Waals surface area contributed by atoms with Crippen LogP contribution in [0.2, 0.25) is 0 Å². The zero-order chi connectivity index (χ0) is 50.9. The van der Waals surface area contributed by atoms with Crippen LogP contribution in [0.25, 0.3) is 28.4 Å². The highest BCUT2D eigenvalue weighted by Crippen LogP contribution is 2.41. The van der Waals surface area contributed by atoms with E-state index in [0.29, 0.717) is 5.56 Å². The van der Waals surface area contributed by atoms with Crippen LogP contribution < -0.4 is 19.6 Å². The molecule has 1 aromatic heterocycles. The Morgan fingerprint density at radius 1 is 0.643 bits per heavy atom. The van der Waals surface area contributed by atoms with E-state index in [9.17, 15) is 81.1 Å². The van der Waals surface area contributed by atoms with Crippen molar-refractivity contribution in [2.45, 2.75) is 92.1 Å². The molecule has 0 bridgehead atoms. The maximum absolute atomic E-state index is 14.2. The van der Waals surface area contributed by atoms with Crippen LogP contribution in [0.3, 0.4) is 0 Å². The van der Waals surface area contributed by atoms with Crippen LogP contribution in [0.4, 0.5) is 0 Å². The third kappa shape index (κ3) is 10.4. The topological polar surface area (TPSA) is 414 Å². The van der Waals surface area contributed by atoms with Crippen LogP contribution in [0.1, 0.15) is 5.56 Å². The SMILES string of the molecule is COc1cc(/C=C/C(=O)OCC2OC(OC3C(OC4C(Oc5c(-c6ccc(O)c(O)c6)oc6cc(O)cc(O)c6c5=O)OC(CO)C(O)C4O)OC(CO)C(O)C3O)C(O)C(O)C2O)cc(OC)c1O. The van der Waals surface area contributed by atoms with E-state index in [1.165, 1.54) is 32.4 Å². The smallest absolute Gasteiger partial charge is 0.330 e. The fourth-order valence-corrected chi connectivity index (χ4v) is 7.82.